The van der Waals surface area contributed by atoms with Crippen molar-refractivity contribution in [1.82, 2.24) is 0 Å². The number of hydrogen-bond acceptors (Lipinski definition) is 1. The lowest BCUT2D eigenvalue weighted by molar-refractivity contribution is -0.886. The van der Waals surface area contributed by atoms with Crippen molar-refractivity contribution in [3.63, 3.8) is 0 Å². The summed E-state index contributed by atoms with van der Waals surface area (Å²) in [6, 6.07) is 0.0811. The summed E-state index contributed by atoms with van der Waals surface area (Å²) in [5.41, 5.74) is 0. The standard InChI is InChI=1S/C17H34NO.BrH/c1-6-8-9-10-11-12-13-14-15-16(17(19)7-2)18(3,4)5;/h7,16H,2,6,8-15H2,1,3-5H3;1H/q+1;/p-1. The van der Waals surface area contributed by atoms with Crippen LogP contribution in [0.2, 0.25) is 0 Å². The van der Waals surface area contributed by atoms with Crippen LogP contribution >= 0.6 is 0 Å². The average molecular weight is 348 g/mol. The second-order valence-electron chi connectivity index (χ2n) is 6.50. The minimum Gasteiger partial charge on any atom is -1.00 e. The highest BCUT2D eigenvalue weighted by molar-refractivity contribution is 5.92. The fraction of sp³-hybridized carbons (Fsp3) is 0.824. The average Bonchev–Trinajstić information content (AvgIpc) is 2.34. The van der Waals surface area contributed by atoms with Crippen LogP contribution in [-0.4, -0.2) is 37.5 Å². The molecule has 1 atom stereocenters. The van der Waals surface area contributed by atoms with E-state index in [0.29, 0.717) is 4.48 Å². The molecule has 0 rings (SSSR count). The van der Waals surface area contributed by atoms with Crippen LogP contribution in [0.4, 0.5) is 0 Å². The van der Waals surface area contributed by atoms with Crippen molar-refractivity contribution in [3.8, 4) is 0 Å². The van der Waals surface area contributed by atoms with E-state index in [1.165, 1.54) is 51.0 Å². The summed E-state index contributed by atoms with van der Waals surface area (Å²) in [4.78, 5) is 11.9. The first-order valence-electron chi connectivity index (χ1n) is 7.90. The summed E-state index contributed by atoms with van der Waals surface area (Å²) in [6.45, 7) is 5.87. The van der Waals surface area contributed by atoms with Gasteiger partial charge in [-0.3, -0.25) is 4.79 Å². The molecule has 2 nitrogen and oxygen atoms in total. The minimum absolute atomic E-state index is 0. The van der Waals surface area contributed by atoms with Crippen molar-refractivity contribution in [3.05, 3.63) is 12.7 Å². The van der Waals surface area contributed by atoms with E-state index in [1.807, 2.05) is 0 Å². The van der Waals surface area contributed by atoms with Crippen molar-refractivity contribution >= 4 is 5.78 Å². The van der Waals surface area contributed by atoms with Gasteiger partial charge >= 0.3 is 0 Å². The second kappa shape index (κ2) is 12.6. The van der Waals surface area contributed by atoms with Gasteiger partial charge in [0.15, 0.2) is 6.04 Å². The Morgan fingerprint density at radius 1 is 1.00 bits per heavy atom. The van der Waals surface area contributed by atoms with E-state index in [-0.39, 0.29) is 28.8 Å². The third kappa shape index (κ3) is 10.6. The van der Waals surface area contributed by atoms with Crippen LogP contribution in [0, 0.1) is 0 Å². The van der Waals surface area contributed by atoms with Crippen molar-refractivity contribution < 1.29 is 26.3 Å². The fourth-order valence-corrected chi connectivity index (χ4v) is 2.52. The monoisotopic (exact) mass is 347 g/mol. The molecule has 0 aromatic carbocycles. The maximum Gasteiger partial charge on any atom is 0.212 e. The highest BCUT2D eigenvalue weighted by Crippen LogP contribution is 2.16. The first-order valence-corrected chi connectivity index (χ1v) is 7.90. The highest BCUT2D eigenvalue weighted by Gasteiger charge is 2.28. The van der Waals surface area contributed by atoms with Crippen molar-refractivity contribution in [2.24, 2.45) is 0 Å². The molecule has 0 aromatic rings. The number of quaternary nitrogens is 1. The molecule has 120 valence electrons. The Morgan fingerprint density at radius 2 is 1.45 bits per heavy atom. The van der Waals surface area contributed by atoms with E-state index >= 15 is 0 Å². The molecule has 0 bridgehead atoms. The first-order chi connectivity index (χ1) is 8.93. The van der Waals surface area contributed by atoms with E-state index in [1.54, 1.807) is 0 Å². The van der Waals surface area contributed by atoms with Gasteiger partial charge in [0.2, 0.25) is 5.78 Å². The number of rotatable bonds is 12. The molecule has 0 radical (unpaired) electrons. The van der Waals surface area contributed by atoms with Gasteiger partial charge in [0, 0.05) is 6.42 Å². The van der Waals surface area contributed by atoms with Crippen molar-refractivity contribution in [1.29, 1.82) is 0 Å². The number of likely N-dealkylation sites (N-methyl/N-ethyl adjacent to an activating group) is 1. The molecule has 0 N–H and O–H groups in total. The molecular formula is C17H34BrNO. The molecule has 0 aromatic heterocycles. The number of nitrogens with zero attached hydrogens (tertiary/aromatic N) is 1. The van der Waals surface area contributed by atoms with Crippen LogP contribution < -0.4 is 17.0 Å². The Labute approximate surface area is 137 Å². The molecule has 0 spiro atoms. The molecule has 3 heteroatoms. The van der Waals surface area contributed by atoms with Gasteiger partial charge in [0.05, 0.1) is 21.1 Å². The first kappa shape index (κ1) is 22.1. The molecule has 0 amide bonds. The molecule has 0 aliphatic carbocycles. The van der Waals surface area contributed by atoms with Gasteiger partial charge in [-0.05, 0) is 12.5 Å². The van der Waals surface area contributed by atoms with Gasteiger partial charge in [-0.2, -0.15) is 0 Å². The van der Waals surface area contributed by atoms with Gasteiger partial charge in [-0.25, -0.2) is 0 Å². The predicted molar refractivity (Wildman–Crippen MR) is 84.3 cm³/mol. The molecule has 0 saturated carbocycles. The van der Waals surface area contributed by atoms with E-state index in [9.17, 15) is 4.79 Å². The van der Waals surface area contributed by atoms with Crippen LogP contribution in [0.3, 0.4) is 0 Å². The van der Waals surface area contributed by atoms with Gasteiger partial charge in [0.25, 0.3) is 0 Å². The number of hydrogen-bond donors (Lipinski definition) is 0. The van der Waals surface area contributed by atoms with Crippen molar-refractivity contribution in [2.75, 3.05) is 21.1 Å². The number of ketones is 1. The number of carbonyl (C=O) groups is 1. The van der Waals surface area contributed by atoms with Crippen LogP contribution in [0.15, 0.2) is 12.7 Å². The lowest BCUT2D eigenvalue weighted by Gasteiger charge is -2.32. The lowest BCUT2D eigenvalue weighted by atomic mass is 10.0. The topological polar surface area (TPSA) is 17.1 Å². The summed E-state index contributed by atoms with van der Waals surface area (Å²) in [7, 11) is 6.28. The summed E-state index contributed by atoms with van der Waals surface area (Å²) < 4.78 is 0.710. The fourth-order valence-electron chi connectivity index (χ4n) is 2.52. The summed E-state index contributed by atoms with van der Waals surface area (Å²) >= 11 is 0. The quantitative estimate of drug-likeness (QED) is 0.296. The zero-order chi connectivity index (χ0) is 14.7. The molecule has 0 fully saturated rings. The number of unbranched alkanes of at least 4 members (excludes halogenated alkanes) is 7. The van der Waals surface area contributed by atoms with Crippen molar-refractivity contribution in [2.45, 2.75) is 70.8 Å². The number of halogens is 1. The predicted octanol–water partition coefficient (Wildman–Crippen LogP) is 1.35. The van der Waals surface area contributed by atoms with E-state index < -0.39 is 0 Å². The van der Waals surface area contributed by atoms with E-state index in [2.05, 4.69) is 34.6 Å². The maximum absolute atomic E-state index is 11.9. The number of carbonyl (C=O) groups excluding carboxylic acids is 1. The Hall–Kier alpha value is -0.150. The third-order valence-corrected chi connectivity index (χ3v) is 3.80. The normalized spacial score (nSPS) is 12.6. The highest BCUT2D eigenvalue weighted by atomic mass is 79.9. The van der Waals surface area contributed by atoms with E-state index in [0.717, 1.165) is 12.8 Å². The van der Waals surface area contributed by atoms with Crippen LogP contribution in [-0.2, 0) is 4.79 Å². The SMILES string of the molecule is C=CC(=O)C(CCCCCCCCCC)[N+](C)(C)C.[Br-]. The molecule has 0 saturated heterocycles. The summed E-state index contributed by atoms with van der Waals surface area (Å²) in [6.07, 6.45) is 13.0. The van der Waals surface area contributed by atoms with Crippen LogP contribution in [0.1, 0.15) is 64.7 Å². The van der Waals surface area contributed by atoms with Gasteiger partial charge in [-0.15, -0.1) is 0 Å². The molecule has 1 unspecified atom stereocenters. The smallest absolute Gasteiger partial charge is 0.212 e. The lowest BCUT2D eigenvalue weighted by Crippen LogP contribution is -3.00. The molecule has 0 aliphatic rings. The summed E-state index contributed by atoms with van der Waals surface area (Å²) in [5.74, 6) is 0.190. The Morgan fingerprint density at radius 3 is 1.85 bits per heavy atom. The maximum atomic E-state index is 11.9. The summed E-state index contributed by atoms with van der Waals surface area (Å²) in [5, 5.41) is 0. The Bertz CT molecular complexity index is 258. The van der Waals surface area contributed by atoms with Gasteiger partial charge < -0.3 is 21.5 Å². The van der Waals surface area contributed by atoms with E-state index in [4.69, 9.17) is 0 Å². The minimum atomic E-state index is 0. The Balaban J connectivity index is 0. The van der Waals surface area contributed by atoms with Crippen LogP contribution in [0.5, 0.6) is 0 Å². The zero-order valence-corrected chi connectivity index (χ0v) is 15.5. The second-order valence-corrected chi connectivity index (χ2v) is 6.50. The zero-order valence-electron chi connectivity index (χ0n) is 14.0. The largest absolute Gasteiger partial charge is 1.00 e. The van der Waals surface area contributed by atoms with Gasteiger partial charge in [-0.1, -0.05) is 58.4 Å². The Kier molecular flexibility index (Phi) is 13.9. The third-order valence-electron chi connectivity index (χ3n) is 3.80. The molecule has 20 heavy (non-hydrogen) atoms. The van der Waals surface area contributed by atoms with Crippen LogP contribution in [0.25, 0.3) is 0 Å². The molecule has 0 heterocycles. The van der Waals surface area contributed by atoms with Gasteiger partial charge in [0.1, 0.15) is 0 Å². The molecular weight excluding hydrogens is 314 g/mol. The molecule has 0 aliphatic heterocycles.